The number of carbonyl (C=O) groups is 1. The van der Waals surface area contributed by atoms with Gasteiger partial charge >= 0.3 is 5.97 Å². The maximum atomic E-state index is 11.3. The van der Waals surface area contributed by atoms with E-state index in [0.29, 0.717) is 6.61 Å². The average molecular weight is 311 g/mol. The third-order valence-corrected chi connectivity index (χ3v) is 3.90. The molecule has 0 saturated heterocycles. The van der Waals surface area contributed by atoms with Gasteiger partial charge in [0.2, 0.25) is 0 Å². The SMILES string of the molecule is CCCCCCCCCCCCCCCOC(=O)C=C(C)C. The van der Waals surface area contributed by atoms with Gasteiger partial charge in [0.15, 0.2) is 0 Å². The summed E-state index contributed by atoms with van der Waals surface area (Å²) in [5.41, 5.74) is 0.996. The molecular formula is C20H38O2. The molecule has 0 aliphatic carbocycles. The Kier molecular flexibility index (Phi) is 16.0. The van der Waals surface area contributed by atoms with Crippen molar-refractivity contribution < 1.29 is 9.53 Å². The molecule has 0 bridgehead atoms. The van der Waals surface area contributed by atoms with Crippen LogP contribution in [0.25, 0.3) is 0 Å². The van der Waals surface area contributed by atoms with Crippen molar-refractivity contribution in [1.29, 1.82) is 0 Å². The van der Waals surface area contributed by atoms with E-state index in [9.17, 15) is 4.79 Å². The molecule has 0 fully saturated rings. The van der Waals surface area contributed by atoms with Crippen molar-refractivity contribution in [3.05, 3.63) is 11.6 Å². The summed E-state index contributed by atoms with van der Waals surface area (Å²) in [4.78, 5) is 11.3. The lowest BCUT2D eigenvalue weighted by atomic mass is 10.0. The number of hydrogen-bond acceptors (Lipinski definition) is 2. The first-order valence-corrected chi connectivity index (χ1v) is 9.48. The van der Waals surface area contributed by atoms with E-state index in [0.717, 1.165) is 12.0 Å². The van der Waals surface area contributed by atoms with Crippen LogP contribution in [0.2, 0.25) is 0 Å². The number of carbonyl (C=O) groups excluding carboxylic acids is 1. The number of ether oxygens (including phenoxy) is 1. The Balaban J connectivity index is 3.11. The first-order valence-electron chi connectivity index (χ1n) is 9.48. The summed E-state index contributed by atoms with van der Waals surface area (Å²) in [6.07, 6.45) is 19.0. The predicted octanol–water partition coefficient (Wildman–Crippen LogP) is 6.59. The first-order chi connectivity index (χ1) is 10.7. The third-order valence-electron chi connectivity index (χ3n) is 3.90. The zero-order valence-electron chi connectivity index (χ0n) is 15.3. The molecule has 0 aromatic rings. The van der Waals surface area contributed by atoms with Gasteiger partial charge in [-0.05, 0) is 20.3 Å². The summed E-state index contributed by atoms with van der Waals surface area (Å²) in [6.45, 7) is 6.66. The molecule has 0 atom stereocenters. The van der Waals surface area contributed by atoms with E-state index >= 15 is 0 Å². The molecular weight excluding hydrogens is 272 g/mol. The highest BCUT2D eigenvalue weighted by atomic mass is 16.5. The van der Waals surface area contributed by atoms with Gasteiger partial charge in [-0.1, -0.05) is 89.5 Å². The summed E-state index contributed by atoms with van der Waals surface area (Å²) < 4.78 is 5.14. The van der Waals surface area contributed by atoms with Crippen LogP contribution >= 0.6 is 0 Å². The molecule has 0 N–H and O–H groups in total. The van der Waals surface area contributed by atoms with Gasteiger partial charge < -0.3 is 4.74 Å². The summed E-state index contributed by atoms with van der Waals surface area (Å²) >= 11 is 0. The Bertz CT molecular complexity index is 277. The highest BCUT2D eigenvalue weighted by molar-refractivity contribution is 5.82. The Labute approximate surface area is 138 Å². The standard InChI is InChI=1S/C20H38O2/c1-4-5-6-7-8-9-10-11-12-13-14-15-16-17-22-20(21)18-19(2)3/h18H,4-17H2,1-3H3. The topological polar surface area (TPSA) is 26.3 Å². The van der Waals surface area contributed by atoms with Crippen molar-refractivity contribution >= 4 is 5.97 Å². The molecule has 0 radical (unpaired) electrons. The Hall–Kier alpha value is -0.790. The normalized spacial score (nSPS) is 10.5. The van der Waals surface area contributed by atoms with Gasteiger partial charge in [-0.2, -0.15) is 0 Å². The van der Waals surface area contributed by atoms with Crippen LogP contribution in [0.1, 0.15) is 104 Å². The van der Waals surface area contributed by atoms with Gasteiger partial charge in [0.25, 0.3) is 0 Å². The van der Waals surface area contributed by atoms with Crippen LogP contribution in [0.15, 0.2) is 11.6 Å². The van der Waals surface area contributed by atoms with Gasteiger partial charge in [-0.3, -0.25) is 0 Å². The van der Waals surface area contributed by atoms with Crippen molar-refractivity contribution in [1.82, 2.24) is 0 Å². The minimum atomic E-state index is -0.195. The molecule has 0 aliphatic rings. The van der Waals surface area contributed by atoms with E-state index in [4.69, 9.17) is 4.74 Å². The molecule has 0 rings (SSSR count). The van der Waals surface area contributed by atoms with Crippen LogP contribution in [0.4, 0.5) is 0 Å². The lowest BCUT2D eigenvalue weighted by Gasteiger charge is -2.04. The molecule has 2 nitrogen and oxygen atoms in total. The van der Waals surface area contributed by atoms with Gasteiger partial charge in [0.05, 0.1) is 6.61 Å². The quantitative estimate of drug-likeness (QED) is 0.194. The van der Waals surface area contributed by atoms with Crippen molar-refractivity contribution in [3.63, 3.8) is 0 Å². The van der Waals surface area contributed by atoms with Gasteiger partial charge in [0.1, 0.15) is 0 Å². The number of unbranched alkanes of at least 4 members (excludes halogenated alkanes) is 12. The van der Waals surface area contributed by atoms with Gasteiger partial charge in [-0.15, -0.1) is 0 Å². The fraction of sp³-hybridized carbons (Fsp3) is 0.850. The molecule has 0 amide bonds. The minimum absolute atomic E-state index is 0.195. The Morgan fingerprint density at radius 2 is 1.14 bits per heavy atom. The summed E-state index contributed by atoms with van der Waals surface area (Å²) in [5.74, 6) is -0.195. The molecule has 0 aliphatic heterocycles. The first kappa shape index (κ1) is 21.2. The highest BCUT2D eigenvalue weighted by Crippen LogP contribution is 2.12. The fourth-order valence-corrected chi connectivity index (χ4v) is 2.57. The number of esters is 1. The largest absolute Gasteiger partial charge is 0.463 e. The molecule has 22 heavy (non-hydrogen) atoms. The average Bonchev–Trinajstić information content (AvgIpc) is 2.47. The smallest absolute Gasteiger partial charge is 0.330 e. The van der Waals surface area contributed by atoms with Crippen molar-refractivity contribution in [2.24, 2.45) is 0 Å². The second-order valence-electron chi connectivity index (χ2n) is 6.63. The lowest BCUT2D eigenvalue weighted by molar-refractivity contribution is -0.137. The van der Waals surface area contributed by atoms with E-state index in [2.05, 4.69) is 6.92 Å². The fourth-order valence-electron chi connectivity index (χ4n) is 2.57. The summed E-state index contributed by atoms with van der Waals surface area (Å²) in [7, 11) is 0. The van der Waals surface area contributed by atoms with E-state index in [1.807, 2.05) is 13.8 Å². The van der Waals surface area contributed by atoms with Gasteiger partial charge in [-0.25, -0.2) is 4.79 Å². The van der Waals surface area contributed by atoms with E-state index < -0.39 is 0 Å². The van der Waals surface area contributed by atoms with Crippen LogP contribution in [0.5, 0.6) is 0 Å². The van der Waals surface area contributed by atoms with E-state index in [-0.39, 0.29) is 5.97 Å². The second-order valence-corrected chi connectivity index (χ2v) is 6.63. The van der Waals surface area contributed by atoms with Crippen LogP contribution in [-0.4, -0.2) is 12.6 Å². The number of allylic oxidation sites excluding steroid dienone is 1. The molecule has 0 heterocycles. The summed E-state index contributed by atoms with van der Waals surface area (Å²) in [6, 6.07) is 0. The molecule has 0 aromatic carbocycles. The minimum Gasteiger partial charge on any atom is -0.463 e. The Morgan fingerprint density at radius 1 is 0.727 bits per heavy atom. The Morgan fingerprint density at radius 3 is 1.55 bits per heavy atom. The maximum absolute atomic E-state index is 11.3. The molecule has 0 spiro atoms. The van der Waals surface area contributed by atoms with Crippen molar-refractivity contribution in [2.75, 3.05) is 6.61 Å². The summed E-state index contributed by atoms with van der Waals surface area (Å²) in [5, 5.41) is 0. The predicted molar refractivity (Wildman–Crippen MR) is 96.1 cm³/mol. The second kappa shape index (κ2) is 16.6. The monoisotopic (exact) mass is 310 g/mol. The lowest BCUT2D eigenvalue weighted by Crippen LogP contribution is -2.02. The molecule has 0 unspecified atom stereocenters. The maximum Gasteiger partial charge on any atom is 0.330 e. The highest BCUT2D eigenvalue weighted by Gasteiger charge is 1.98. The van der Waals surface area contributed by atoms with Crippen LogP contribution in [-0.2, 0) is 9.53 Å². The zero-order valence-corrected chi connectivity index (χ0v) is 15.3. The molecule has 0 saturated carbocycles. The van der Waals surface area contributed by atoms with Crippen LogP contribution in [0.3, 0.4) is 0 Å². The number of rotatable bonds is 15. The van der Waals surface area contributed by atoms with Crippen LogP contribution < -0.4 is 0 Å². The van der Waals surface area contributed by atoms with Crippen molar-refractivity contribution in [3.8, 4) is 0 Å². The van der Waals surface area contributed by atoms with E-state index in [1.165, 1.54) is 77.0 Å². The van der Waals surface area contributed by atoms with E-state index in [1.54, 1.807) is 6.08 Å². The molecule has 0 aromatic heterocycles. The van der Waals surface area contributed by atoms with Crippen LogP contribution in [0, 0.1) is 0 Å². The van der Waals surface area contributed by atoms with Gasteiger partial charge in [0, 0.05) is 6.08 Å². The van der Waals surface area contributed by atoms with Crippen molar-refractivity contribution in [2.45, 2.75) is 104 Å². The number of hydrogen-bond donors (Lipinski definition) is 0. The third kappa shape index (κ3) is 17.3. The zero-order chi connectivity index (χ0) is 16.5. The molecule has 2 heteroatoms. The molecule has 130 valence electrons.